The van der Waals surface area contributed by atoms with Gasteiger partial charge >= 0.3 is 0 Å². The van der Waals surface area contributed by atoms with Crippen molar-refractivity contribution in [3.63, 3.8) is 0 Å². The first kappa shape index (κ1) is 10.6. The molecule has 0 bridgehead atoms. The Morgan fingerprint density at radius 2 is 1.77 bits per heavy atom. The summed E-state index contributed by atoms with van der Waals surface area (Å²) in [6.45, 7) is 0.663. The maximum absolute atomic E-state index is 5.10. The van der Waals surface area contributed by atoms with Crippen LogP contribution in [0.1, 0.15) is 24.8 Å². The lowest BCUT2D eigenvalue weighted by atomic mass is 10.1. The van der Waals surface area contributed by atoms with Crippen LogP contribution in [0.4, 0.5) is 0 Å². The maximum Gasteiger partial charge on any atom is 0.0682 e. The van der Waals surface area contributed by atoms with Crippen molar-refractivity contribution in [1.82, 2.24) is 0 Å². The monoisotopic (exact) mass is 198 g/mol. The van der Waals surface area contributed by atoms with Gasteiger partial charge in [0.05, 0.1) is 18.5 Å². The minimum Gasteiger partial charge on any atom is -0.279 e. The minimum absolute atomic E-state index is 0.663. The van der Waals surface area contributed by atoms with E-state index >= 15 is 0 Å². The summed E-state index contributed by atoms with van der Waals surface area (Å²) >= 11 is 5.10. The number of halogens is 1. The highest BCUT2D eigenvalue weighted by Crippen LogP contribution is 2.06. The fraction of sp³-hybridized carbons (Fsp3) is 0.455. The van der Waals surface area contributed by atoms with Crippen LogP contribution in [-0.2, 0) is 10.7 Å². The van der Waals surface area contributed by atoms with E-state index < -0.39 is 0 Å². The first-order chi connectivity index (χ1) is 6.43. The zero-order valence-electron chi connectivity index (χ0n) is 7.71. The first-order valence-corrected chi connectivity index (χ1v) is 5.02. The number of hydrogen-bond donors (Lipinski definition) is 0. The normalized spacial score (nSPS) is 10.2. The minimum atomic E-state index is 0.663. The molecule has 0 spiro atoms. The van der Waals surface area contributed by atoms with Crippen molar-refractivity contribution in [3.05, 3.63) is 35.9 Å². The predicted molar refractivity (Wildman–Crippen MR) is 55.8 cm³/mol. The zero-order chi connectivity index (χ0) is 9.36. The van der Waals surface area contributed by atoms with Crippen LogP contribution in [0, 0.1) is 0 Å². The van der Waals surface area contributed by atoms with Crippen molar-refractivity contribution < 1.29 is 4.29 Å². The van der Waals surface area contributed by atoms with Gasteiger partial charge in [-0.2, -0.15) is 0 Å². The molecule has 1 nitrogen and oxygen atoms in total. The second kappa shape index (κ2) is 6.93. The summed E-state index contributed by atoms with van der Waals surface area (Å²) in [6, 6.07) is 10.5. The summed E-state index contributed by atoms with van der Waals surface area (Å²) < 4.78 is 4.47. The van der Waals surface area contributed by atoms with Crippen LogP contribution >= 0.6 is 11.9 Å². The molecule has 13 heavy (non-hydrogen) atoms. The molecule has 0 unspecified atom stereocenters. The summed E-state index contributed by atoms with van der Waals surface area (Å²) in [7, 11) is 0. The smallest absolute Gasteiger partial charge is 0.0682 e. The summed E-state index contributed by atoms with van der Waals surface area (Å²) in [5.41, 5.74) is 1.41. The second-order valence-electron chi connectivity index (χ2n) is 3.11. The average molecular weight is 199 g/mol. The molecule has 0 atom stereocenters. The number of rotatable bonds is 6. The summed E-state index contributed by atoms with van der Waals surface area (Å²) in [6.07, 6.45) is 4.60. The first-order valence-electron chi connectivity index (χ1n) is 4.71. The third-order valence-electron chi connectivity index (χ3n) is 2.03. The summed E-state index contributed by atoms with van der Waals surface area (Å²) in [5, 5.41) is 0. The van der Waals surface area contributed by atoms with Crippen molar-refractivity contribution in [1.29, 1.82) is 0 Å². The van der Waals surface area contributed by atoms with Gasteiger partial charge in [-0.1, -0.05) is 36.8 Å². The molecule has 0 radical (unpaired) electrons. The molecule has 0 aromatic heterocycles. The molecule has 0 fully saturated rings. The molecule has 0 aliphatic carbocycles. The molecular weight excluding hydrogens is 184 g/mol. The van der Waals surface area contributed by atoms with Gasteiger partial charge in [-0.05, 0) is 24.8 Å². The molecule has 1 rings (SSSR count). The Morgan fingerprint density at radius 3 is 2.46 bits per heavy atom. The molecule has 0 saturated heterocycles. The average Bonchev–Trinajstić information content (AvgIpc) is 2.19. The van der Waals surface area contributed by atoms with E-state index in [4.69, 9.17) is 11.9 Å². The van der Waals surface area contributed by atoms with Gasteiger partial charge in [0.25, 0.3) is 0 Å². The van der Waals surface area contributed by atoms with Gasteiger partial charge in [0.2, 0.25) is 0 Å². The van der Waals surface area contributed by atoms with E-state index in [2.05, 4.69) is 28.6 Å². The van der Waals surface area contributed by atoms with E-state index in [0.29, 0.717) is 6.61 Å². The van der Waals surface area contributed by atoms with Crippen LogP contribution in [-0.4, -0.2) is 6.61 Å². The molecule has 0 amide bonds. The van der Waals surface area contributed by atoms with Crippen molar-refractivity contribution in [2.45, 2.75) is 25.7 Å². The maximum atomic E-state index is 5.10. The van der Waals surface area contributed by atoms with Crippen LogP contribution in [0.5, 0.6) is 0 Å². The van der Waals surface area contributed by atoms with Crippen molar-refractivity contribution >= 4 is 11.9 Å². The van der Waals surface area contributed by atoms with Crippen molar-refractivity contribution in [2.24, 2.45) is 0 Å². The van der Waals surface area contributed by atoms with E-state index in [1.807, 2.05) is 6.07 Å². The Morgan fingerprint density at radius 1 is 1.00 bits per heavy atom. The van der Waals surface area contributed by atoms with E-state index in [1.54, 1.807) is 0 Å². The molecule has 0 aliphatic heterocycles. The third-order valence-corrected chi connectivity index (χ3v) is 2.18. The second-order valence-corrected chi connectivity index (χ2v) is 3.33. The van der Waals surface area contributed by atoms with E-state index in [-0.39, 0.29) is 0 Å². The van der Waals surface area contributed by atoms with Gasteiger partial charge < -0.3 is 0 Å². The van der Waals surface area contributed by atoms with Gasteiger partial charge in [-0.3, -0.25) is 4.29 Å². The van der Waals surface area contributed by atoms with Crippen LogP contribution in [0.25, 0.3) is 0 Å². The molecule has 72 valence electrons. The van der Waals surface area contributed by atoms with E-state index in [0.717, 1.165) is 12.8 Å². The lowest BCUT2D eigenvalue weighted by molar-refractivity contribution is 0.336. The number of benzene rings is 1. The fourth-order valence-electron chi connectivity index (χ4n) is 1.31. The highest BCUT2D eigenvalue weighted by atomic mass is 35.5. The molecule has 1 aromatic carbocycles. The number of hydrogen-bond acceptors (Lipinski definition) is 1. The Balaban J connectivity index is 2.07. The zero-order valence-corrected chi connectivity index (χ0v) is 8.46. The number of aryl methyl sites for hydroxylation is 1. The quantitative estimate of drug-likeness (QED) is 0.635. The fourth-order valence-corrected chi connectivity index (χ4v) is 1.42. The van der Waals surface area contributed by atoms with Gasteiger partial charge in [0.1, 0.15) is 0 Å². The largest absolute Gasteiger partial charge is 0.279 e. The van der Waals surface area contributed by atoms with E-state index in [9.17, 15) is 0 Å². The summed E-state index contributed by atoms with van der Waals surface area (Å²) in [4.78, 5) is 0. The molecule has 0 heterocycles. The van der Waals surface area contributed by atoms with Crippen LogP contribution < -0.4 is 0 Å². The van der Waals surface area contributed by atoms with Gasteiger partial charge in [-0.15, -0.1) is 0 Å². The molecule has 1 aromatic rings. The van der Waals surface area contributed by atoms with Gasteiger partial charge in [0, 0.05) is 0 Å². The lowest BCUT2D eigenvalue weighted by Gasteiger charge is -2.00. The highest BCUT2D eigenvalue weighted by Gasteiger charge is 1.92. The number of unbranched alkanes of at least 4 members (excludes halogenated alkanes) is 2. The topological polar surface area (TPSA) is 9.23 Å². The highest BCUT2D eigenvalue weighted by molar-refractivity contribution is 6.07. The molecular formula is C11H15ClO. The molecule has 2 heteroatoms. The van der Waals surface area contributed by atoms with Crippen molar-refractivity contribution in [3.8, 4) is 0 Å². The van der Waals surface area contributed by atoms with Crippen LogP contribution in [0.15, 0.2) is 30.3 Å². The van der Waals surface area contributed by atoms with E-state index in [1.165, 1.54) is 18.4 Å². The summed E-state index contributed by atoms with van der Waals surface area (Å²) in [5.74, 6) is 0. The Kier molecular flexibility index (Phi) is 5.62. The molecule has 0 N–H and O–H groups in total. The molecule has 0 aliphatic rings. The predicted octanol–water partition coefficient (Wildman–Crippen LogP) is 3.57. The van der Waals surface area contributed by atoms with Crippen LogP contribution in [0.2, 0.25) is 0 Å². The Bertz CT molecular complexity index is 211. The molecule has 0 saturated carbocycles. The van der Waals surface area contributed by atoms with Crippen LogP contribution in [0.3, 0.4) is 0 Å². The SMILES string of the molecule is ClOCCCCCc1ccccc1. The lowest BCUT2D eigenvalue weighted by Crippen LogP contribution is -1.88. The third kappa shape index (κ3) is 4.91. The Hall–Kier alpha value is -0.530. The van der Waals surface area contributed by atoms with Crippen molar-refractivity contribution in [2.75, 3.05) is 6.61 Å². The standard InChI is InChI=1S/C11H15ClO/c12-13-10-6-2-5-9-11-7-3-1-4-8-11/h1,3-4,7-8H,2,5-6,9-10H2. The van der Waals surface area contributed by atoms with Gasteiger partial charge in [-0.25, -0.2) is 0 Å². The Labute approximate surface area is 84.8 Å². The van der Waals surface area contributed by atoms with Gasteiger partial charge in [0.15, 0.2) is 0 Å².